The van der Waals surface area contributed by atoms with Crippen LogP contribution in [0.3, 0.4) is 0 Å². The van der Waals surface area contributed by atoms with E-state index in [0.717, 1.165) is 15.8 Å². The van der Waals surface area contributed by atoms with Crippen LogP contribution in [-0.2, 0) is 4.57 Å². The van der Waals surface area contributed by atoms with Crippen molar-refractivity contribution in [3.05, 3.63) is 106 Å². The van der Waals surface area contributed by atoms with Gasteiger partial charge >= 0.3 is 0 Å². The number of hydrogen-bond acceptors (Lipinski definition) is 1. The first-order valence-electron chi connectivity index (χ1n) is 11.7. The quantitative estimate of drug-likeness (QED) is 0.116. The maximum atomic E-state index is 15.5. The fourth-order valence-electron chi connectivity index (χ4n) is 4.80. The van der Waals surface area contributed by atoms with Crippen molar-refractivity contribution in [2.45, 2.75) is 33.6 Å². The van der Waals surface area contributed by atoms with E-state index in [1.54, 1.807) is 68.4 Å². The van der Waals surface area contributed by atoms with Gasteiger partial charge in [0.15, 0.2) is 23.3 Å². The molecule has 1 aliphatic heterocycles. The summed E-state index contributed by atoms with van der Waals surface area (Å²) in [7, 11) is -4.24. The predicted octanol–water partition coefficient (Wildman–Crippen LogP) is 8.17. The van der Waals surface area contributed by atoms with Gasteiger partial charge in [0, 0.05) is 16.2 Å². The van der Waals surface area contributed by atoms with Crippen LogP contribution >= 0.6 is 7.29 Å². The second-order valence-electron chi connectivity index (χ2n) is 9.60. The number of hydrogen-bond donors (Lipinski definition) is 0. The van der Waals surface area contributed by atoms with Crippen LogP contribution < -0.4 is 15.3 Å². The molecule has 0 N–H and O–H groups in total. The SMILES string of the molecule is Cc1cccc(P2(=O)c3cc(C(C)C)ccc3-c3ccc(C)cc3N2c2c(F)c(F)c(F)c(F)c2F)c1. The average molecular weight is 527 g/mol. The highest BCUT2D eigenvalue weighted by Gasteiger charge is 2.46. The molecule has 1 heterocycles. The summed E-state index contributed by atoms with van der Waals surface area (Å²) >= 11 is 0. The zero-order valence-corrected chi connectivity index (χ0v) is 21.4. The Kier molecular flexibility index (Phi) is 6.03. The third-order valence-corrected chi connectivity index (χ3v) is 9.70. The summed E-state index contributed by atoms with van der Waals surface area (Å²) in [4.78, 5) is 0. The van der Waals surface area contributed by atoms with Crippen molar-refractivity contribution in [2.24, 2.45) is 0 Å². The molecule has 0 bridgehead atoms. The molecule has 0 fully saturated rings. The van der Waals surface area contributed by atoms with Crippen molar-refractivity contribution in [3.8, 4) is 11.1 Å². The summed E-state index contributed by atoms with van der Waals surface area (Å²) in [6.45, 7) is 7.39. The smallest absolute Gasteiger partial charge is 0.234 e. The highest BCUT2D eigenvalue weighted by atomic mass is 31.2. The van der Waals surface area contributed by atoms with Gasteiger partial charge in [-0.05, 0) is 60.7 Å². The van der Waals surface area contributed by atoms with Crippen molar-refractivity contribution < 1.29 is 26.5 Å². The van der Waals surface area contributed by atoms with E-state index in [0.29, 0.717) is 16.7 Å². The van der Waals surface area contributed by atoms with Gasteiger partial charge in [0.05, 0.1) is 5.69 Å². The Balaban J connectivity index is 2.01. The lowest BCUT2D eigenvalue weighted by Crippen LogP contribution is -2.35. The summed E-state index contributed by atoms with van der Waals surface area (Å²) in [5.74, 6) is -10.5. The van der Waals surface area contributed by atoms with Crippen molar-refractivity contribution in [2.75, 3.05) is 4.67 Å². The summed E-state index contributed by atoms with van der Waals surface area (Å²) in [5.41, 5.74) is 2.10. The lowest BCUT2D eigenvalue weighted by atomic mass is 9.96. The van der Waals surface area contributed by atoms with Crippen LogP contribution in [0.1, 0.15) is 36.5 Å². The molecule has 190 valence electrons. The van der Waals surface area contributed by atoms with E-state index >= 15 is 13.3 Å². The van der Waals surface area contributed by atoms with Gasteiger partial charge in [-0.15, -0.1) is 0 Å². The van der Waals surface area contributed by atoms with Gasteiger partial charge in [0.25, 0.3) is 0 Å². The fraction of sp³-hybridized carbons (Fsp3) is 0.172. The summed E-state index contributed by atoms with van der Waals surface area (Å²) in [6.07, 6.45) is 0. The van der Waals surface area contributed by atoms with Crippen LogP contribution in [0, 0.1) is 42.9 Å². The monoisotopic (exact) mass is 527 g/mol. The van der Waals surface area contributed by atoms with E-state index in [9.17, 15) is 13.2 Å². The second-order valence-corrected chi connectivity index (χ2v) is 12.1. The minimum absolute atomic E-state index is 0.0262. The molecule has 2 nitrogen and oxygen atoms in total. The molecule has 1 atom stereocenters. The Morgan fingerprint density at radius 2 is 1.30 bits per heavy atom. The Morgan fingerprint density at radius 1 is 0.703 bits per heavy atom. The van der Waals surface area contributed by atoms with Crippen LogP contribution in [0.4, 0.5) is 33.3 Å². The Bertz CT molecular complexity index is 1600. The zero-order valence-electron chi connectivity index (χ0n) is 20.5. The molecule has 0 spiro atoms. The third kappa shape index (κ3) is 3.71. The Morgan fingerprint density at radius 3 is 1.92 bits per heavy atom. The molecule has 0 saturated carbocycles. The lowest BCUT2D eigenvalue weighted by molar-refractivity contribution is 0.381. The highest BCUT2D eigenvalue weighted by molar-refractivity contribution is 7.80. The van der Waals surface area contributed by atoms with E-state index in [2.05, 4.69) is 0 Å². The molecule has 0 radical (unpaired) electrons. The standard InChI is InChI=1S/C29H23F5NOP/c1-15(2)18-9-11-21-20-10-8-17(4)13-22(20)35(29-27(33)25(31)24(30)26(32)28(29)34)37(36,23(21)14-18)19-7-5-6-16(3)12-19/h5-15H,1-4H3. The van der Waals surface area contributed by atoms with Crippen LogP contribution in [0.15, 0.2) is 60.7 Å². The molecular weight excluding hydrogens is 504 g/mol. The maximum Gasteiger partial charge on any atom is 0.234 e. The molecule has 4 aromatic rings. The second kappa shape index (κ2) is 8.84. The topological polar surface area (TPSA) is 20.3 Å². The molecule has 0 aromatic heterocycles. The Hall–Kier alpha value is -3.44. The fourth-order valence-corrected chi connectivity index (χ4v) is 7.97. The molecule has 0 amide bonds. The molecule has 8 heteroatoms. The maximum absolute atomic E-state index is 15.5. The molecule has 5 rings (SSSR count). The zero-order chi connectivity index (χ0) is 26.8. The number of fused-ring (bicyclic) bond motifs is 3. The van der Waals surface area contributed by atoms with Crippen molar-refractivity contribution >= 4 is 29.3 Å². The van der Waals surface area contributed by atoms with Crippen LogP contribution in [-0.4, -0.2) is 0 Å². The Labute approximate surface area is 211 Å². The van der Waals surface area contributed by atoms with Crippen LogP contribution in [0.5, 0.6) is 0 Å². The molecule has 1 aliphatic rings. The number of nitrogens with zero attached hydrogens (tertiary/aromatic N) is 1. The average Bonchev–Trinajstić information content (AvgIpc) is 2.87. The summed E-state index contributed by atoms with van der Waals surface area (Å²) in [5, 5.41) is 0.482. The van der Waals surface area contributed by atoms with E-state index in [-0.39, 0.29) is 22.2 Å². The third-order valence-electron chi connectivity index (χ3n) is 6.72. The number of rotatable bonds is 3. The van der Waals surface area contributed by atoms with E-state index in [1.165, 1.54) is 0 Å². The van der Waals surface area contributed by atoms with Gasteiger partial charge in [-0.2, -0.15) is 0 Å². The van der Waals surface area contributed by atoms with Gasteiger partial charge in [0.1, 0.15) is 5.69 Å². The number of anilines is 2. The first-order chi connectivity index (χ1) is 17.5. The van der Waals surface area contributed by atoms with Gasteiger partial charge in [-0.3, -0.25) is 9.24 Å². The molecule has 0 aliphatic carbocycles. The summed E-state index contributed by atoms with van der Waals surface area (Å²) < 4.78 is 90.2. The largest absolute Gasteiger partial charge is 0.289 e. The van der Waals surface area contributed by atoms with Crippen molar-refractivity contribution in [3.63, 3.8) is 0 Å². The molecule has 4 aromatic carbocycles. The summed E-state index contributed by atoms with van der Waals surface area (Å²) in [6, 6.07) is 17.0. The number of halogens is 5. The number of benzene rings is 4. The molecular formula is C29H23F5NOP. The lowest BCUT2D eigenvalue weighted by Gasteiger charge is -2.41. The van der Waals surface area contributed by atoms with E-state index < -0.39 is 42.1 Å². The number of aryl methyl sites for hydroxylation is 2. The van der Waals surface area contributed by atoms with Gasteiger partial charge in [-0.1, -0.05) is 55.8 Å². The molecule has 0 saturated heterocycles. The molecule has 1 unspecified atom stereocenters. The van der Waals surface area contributed by atoms with Crippen molar-refractivity contribution in [1.29, 1.82) is 0 Å². The van der Waals surface area contributed by atoms with E-state index in [4.69, 9.17) is 0 Å². The highest BCUT2D eigenvalue weighted by Crippen LogP contribution is 2.62. The molecule has 37 heavy (non-hydrogen) atoms. The van der Waals surface area contributed by atoms with Gasteiger partial charge in [-0.25, -0.2) is 22.0 Å². The minimum Gasteiger partial charge on any atom is -0.289 e. The minimum atomic E-state index is -4.24. The predicted molar refractivity (Wildman–Crippen MR) is 137 cm³/mol. The van der Waals surface area contributed by atoms with Gasteiger partial charge in [0.2, 0.25) is 13.1 Å². The van der Waals surface area contributed by atoms with Gasteiger partial charge < -0.3 is 0 Å². The first kappa shape index (κ1) is 25.2. The van der Waals surface area contributed by atoms with Crippen LogP contribution in [0.2, 0.25) is 0 Å². The van der Waals surface area contributed by atoms with E-state index in [1.807, 2.05) is 19.9 Å². The van der Waals surface area contributed by atoms with Crippen molar-refractivity contribution in [1.82, 2.24) is 0 Å². The first-order valence-corrected chi connectivity index (χ1v) is 13.4. The van der Waals surface area contributed by atoms with Crippen LogP contribution in [0.25, 0.3) is 11.1 Å². The normalized spacial score (nSPS) is 16.6.